The average Bonchev–Trinajstić information content (AvgIpc) is 2.31. The quantitative estimate of drug-likeness (QED) is 0.497. The van der Waals surface area contributed by atoms with Gasteiger partial charge in [0, 0.05) is 21.5 Å². The monoisotopic (exact) mass is 303 g/mol. The van der Waals surface area contributed by atoms with E-state index in [1.54, 1.807) is 0 Å². The molecule has 0 saturated heterocycles. The molecule has 0 aromatic heterocycles. The molecule has 92 valence electrons. The first-order valence-electron chi connectivity index (χ1n) is 4.88. The second-order valence-corrected chi connectivity index (χ2v) is 4.28. The van der Waals surface area contributed by atoms with E-state index in [4.69, 9.17) is 5.53 Å². The Balaban J connectivity index is 2.76. The zero-order valence-corrected chi connectivity index (χ0v) is 10.4. The van der Waals surface area contributed by atoms with Gasteiger partial charge in [-0.2, -0.15) is 0 Å². The number of aliphatic hydroxyl groups excluding tert-OH is 2. The molecular formula is C10H11BrFN3O2. The molecule has 7 heteroatoms. The van der Waals surface area contributed by atoms with Crippen molar-refractivity contribution in [1.82, 2.24) is 0 Å². The summed E-state index contributed by atoms with van der Waals surface area (Å²) >= 11 is 3.16. The number of benzene rings is 1. The summed E-state index contributed by atoms with van der Waals surface area (Å²) in [6, 6.07) is 3.84. The Kier molecular flexibility index (Phi) is 5.37. The lowest BCUT2D eigenvalue weighted by Crippen LogP contribution is -2.19. The van der Waals surface area contributed by atoms with Crippen LogP contribution in [-0.2, 0) is 0 Å². The van der Waals surface area contributed by atoms with Gasteiger partial charge in [-0.1, -0.05) is 21.0 Å². The van der Waals surface area contributed by atoms with Gasteiger partial charge in [0.2, 0.25) is 0 Å². The van der Waals surface area contributed by atoms with Gasteiger partial charge in [-0.15, -0.1) is 0 Å². The molecule has 2 N–H and O–H groups in total. The Morgan fingerprint density at radius 2 is 2.18 bits per heavy atom. The molecule has 0 radical (unpaired) electrons. The van der Waals surface area contributed by atoms with Crippen LogP contribution in [0, 0.1) is 5.82 Å². The Morgan fingerprint density at radius 1 is 1.47 bits per heavy atom. The Hall–Kier alpha value is -1.14. The van der Waals surface area contributed by atoms with Gasteiger partial charge < -0.3 is 10.2 Å². The highest BCUT2D eigenvalue weighted by atomic mass is 79.9. The lowest BCUT2D eigenvalue weighted by Gasteiger charge is -2.18. The fraction of sp³-hybridized carbons (Fsp3) is 0.400. The molecule has 0 amide bonds. The van der Waals surface area contributed by atoms with Crippen LogP contribution in [-0.4, -0.2) is 22.9 Å². The number of hydrogen-bond acceptors (Lipinski definition) is 3. The molecule has 0 heterocycles. The minimum absolute atomic E-state index is 0.0711. The first-order chi connectivity index (χ1) is 8.06. The number of hydrogen-bond donors (Lipinski definition) is 2. The van der Waals surface area contributed by atoms with Gasteiger partial charge in [-0.3, -0.25) is 0 Å². The summed E-state index contributed by atoms with van der Waals surface area (Å²) in [4.78, 5) is 2.53. The van der Waals surface area contributed by atoms with Crippen LogP contribution in [0.25, 0.3) is 10.4 Å². The van der Waals surface area contributed by atoms with Crippen LogP contribution in [0.15, 0.2) is 27.8 Å². The molecule has 1 rings (SSSR count). The third-order valence-corrected chi connectivity index (χ3v) is 2.95. The molecule has 0 aliphatic heterocycles. The highest BCUT2D eigenvalue weighted by Crippen LogP contribution is 2.27. The van der Waals surface area contributed by atoms with E-state index in [0.29, 0.717) is 4.47 Å². The molecule has 0 saturated carbocycles. The fourth-order valence-corrected chi connectivity index (χ4v) is 1.82. The van der Waals surface area contributed by atoms with E-state index >= 15 is 0 Å². The topological polar surface area (TPSA) is 89.2 Å². The van der Waals surface area contributed by atoms with Crippen molar-refractivity contribution in [1.29, 1.82) is 0 Å². The van der Waals surface area contributed by atoms with E-state index in [9.17, 15) is 14.6 Å². The van der Waals surface area contributed by atoms with Crippen LogP contribution >= 0.6 is 15.9 Å². The molecule has 5 nitrogen and oxygen atoms in total. The van der Waals surface area contributed by atoms with Crippen molar-refractivity contribution in [3.63, 3.8) is 0 Å². The van der Waals surface area contributed by atoms with E-state index in [1.165, 1.54) is 12.1 Å². The molecule has 0 fully saturated rings. The van der Waals surface area contributed by atoms with Gasteiger partial charge in [-0.05, 0) is 30.2 Å². The molecule has 0 bridgehead atoms. The highest BCUT2D eigenvalue weighted by molar-refractivity contribution is 9.10. The normalized spacial score (nSPS) is 13.9. The SMILES string of the molecule is [N-]=[N+]=NCCC(O)C(O)c1cc(F)ccc1Br. The third kappa shape index (κ3) is 3.98. The van der Waals surface area contributed by atoms with Crippen LogP contribution in [0.3, 0.4) is 0 Å². The maximum atomic E-state index is 13.0. The first kappa shape index (κ1) is 13.9. The fourth-order valence-electron chi connectivity index (χ4n) is 1.34. The van der Waals surface area contributed by atoms with Crippen LogP contribution in [0.4, 0.5) is 4.39 Å². The molecule has 0 spiro atoms. The van der Waals surface area contributed by atoms with Crippen molar-refractivity contribution < 1.29 is 14.6 Å². The zero-order chi connectivity index (χ0) is 12.8. The molecule has 2 unspecified atom stereocenters. The minimum Gasteiger partial charge on any atom is -0.390 e. The second kappa shape index (κ2) is 6.56. The predicted octanol–water partition coefficient (Wildman–Crippen LogP) is 2.68. The van der Waals surface area contributed by atoms with Crippen LogP contribution < -0.4 is 0 Å². The number of rotatable bonds is 5. The second-order valence-electron chi connectivity index (χ2n) is 3.42. The van der Waals surface area contributed by atoms with Gasteiger partial charge in [0.05, 0.1) is 6.10 Å². The van der Waals surface area contributed by atoms with Crippen molar-refractivity contribution in [2.75, 3.05) is 6.54 Å². The van der Waals surface area contributed by atoms with Crippen molar-refractivity contribution in [3.8, 4) is 0 Å². The van der Waals surface area contributed by atoms with Crippen LogP contribution in [0.2, 0.25) is 0 Å². The molecule has 1 aromatic carbocycles. The molecule has 17 heavy (non-hydrogen) atoms. The first-order valence-corrected chi connectivity index (χ1v) is 5.67. The molecule has 0 aliphatic rings. The van der Waals surface area contributed by atoms with Crippen molar-refractivity contribution in [2.45, 2.75) is 18.6 Å². The standard InChI is InChI=1S/C10H11BrFN3O2/c11-8-2-1-6(12)5-7(8)10(17)9(16)3-4-14-15-13/h1-2,5,9-10,16-17H,3-4H2. The van der Waals surface area contributed by atoms with Crippen LogP contribution in [0.1, 0.15) is 18.1 Å². The van der Waals surface area contributed by atoms with Gasteiger partial charge in [0.15, 0.2) is 0 Å². The molecule has 1 aromatic rings. The minimum atomic E-state index is -1.23. The summed E-state index contributed by atoms with van der Waals surface area (Å²) in [6.07, 6.45) is -2.23. The molecule has 0 aliphatic carbocycles. The number of aliphatic hydroxyl groups is 2. The van der Waals surface area contributed by atoms with Gasteiger partial charge in [0.1, 0.15) is 11.9 Å². The average molecular weight is 304 g/mol. The summed E-state index contributed by atoms with van der Waals surface area (Å²) < 4.78 is 13.5. The lowest BCUT2D eigenvalue weighted by molar-refractivity contribution is 0.0144. The van der Waals surface area contributed by atoms with E-state index in [0.717, 1.165) is 6.07 Å². The summed E-state index contributed by atoms with van der Waals surface area (Å²) in [5.74, 6) is -0.496. The van der Waals surface area contributed by atoms with E-state index < -0.39 is 18.0 Å². The summed E-state index contributed by atoms with van der Waals surface area (Å²) in [5.41, 5.74) is 8.33. The maximum absolute atomic E-state index is 13.0. The Morgan fingerprint density at radius 3 is 2.82 bits per heavy atom. The summed E-state index contributed by atoms with van der Waals surface area (Å²) in [7, 11) is 0. The Labute approximate surface area is 106 Å². The number of azide groups is 1. The number of halogens is 2. The van der Waals surface area contributed by atoms with E-state index in [1.807, 2.05) is 0 Å². The molecule has 2 atom stereocenters. The lowest BCUT2D eigenvalue weighted by atomic mass is 10.0. The van der Waals surface area contributed by atoms with E-state index in [2.05, 4.69) is 26.0 Å². The van der Waals surface area contributed by atoms with E-state index in [-0.39, 0.29) is 18.5 Å². The number of nitrogens with zero attached hydrogens (tertiary/aromatic N) is 3. The van der Waals surface area contributed by atoms with Gasteiger partial charge in [0.25, 0.3) is 0 Å². The third-order valence-electron chi connectivity index (χ3n) is 2.23. The predicted molar refractivity (Wildman–Crippen MR) is 63.7 cm³/mol. The zero-order valence-electron chi connectivity index (χ0n) is 8.79. The van der Waals surface area contributed by atoms with Crippen molar-refractivity contribution in [2.24, 2.45) is 5.11 Å². The van der Waals surface area contributed by atoms with Crippen molar-refractivity contribution >= 4 is 15.9 Å². The summed E-state index contributed by atoms with van der Waals surface area (Å²) in [5, 5.41) is 22.7. The summed E-state index contributed by atoms with van der Waals surface area (Å²) in [6.45, 7) is 0.0711. The van der Waals surface area contributed by atoms with Gasteiger partial charge in [-0.25, -0.2) is 4.39 Å². The smallest absolute Gasteiger partial charge is 0.123 e. The maximum Gasteiger partial charge on any atom is 0.123 e. The van der Waals surface area contributed by atoms with Crippen molar-refractivity contribution in [3.05, 3.63) is 44.5 Å². The molecular weight excluding hydrogens is 293 g/mol. The van der Waals surface area contributed by atoms with Crippen LogP contribution in [0.5, 0.6) is 0 Å². The van der Waals surface area contributed by atoms with Gasteiger partial charge >= 0.3 is 0 Å². The Bertz CT molecular complexity index is 438. The highest BCUT2D eigenvalue weighted by Gasteiger charge is 2.20. The largest absolute Gasteiger partial charge is 0.390 e.